The van der Waals surface area contributed by atoms with Gasteiger partial charge in [-0.25, -0.2) is 0 Å². The molecule has 6 atom stereocenters. The monoisotopic (exact) mass is 615 g/mol. The molecule has 3 heterocycles. The normalized spacial score (nSPS) is 27.0. The predicted molar refractivity (Wildman–Crippen MR) is 110 cm³/mol. The zero-order chi connectivity index (χ0) is 25.6. The molecule has 34 heavy (non-hydrogen) atoms. The Balaban J connectivity index is 1.80. The van der Waals surface area contributed by atoms with Gasteiger partial charge in [-0.1, -0.05) is 0 Å². The van der Waals surface area contributed by atoms with Gasteiger partial charge in [0, 0.05) is 0 Å². The Morgan fingerprint density at radius 3 is 2.56 bits per heavy atom. The topological polar surface area (TPSA) is 259 Å². The van der Waals surface area contributed by atoms with Crippen molar-refractivity contribution in [2.75, 3.05) is 19.5 Å². The molecule has 0 bridgehead atoms. The summed E-state index contributed by atoms with van der Waals surface area (Å²) in [6, 6.07) is 0. The number of ether oxygens (including phenoxy) is 2. The SMILES string of the molecule is CO[C@@H]1[C@H](O)[C@@H](COP(=O)(O)O[P@@](=O)([Se])OP(=O)(O)O)O[C@H]1[n+]1cn(C)c2c(=O)[nH]c(N)nc21. The van der Waals surface area contributed by atoms with E-state index in [2.05, 4.69) is 23.1 Å². The average molecular weight is 614 g/mol. The van der Waals surface area contributed by atoms with Gasteiger partial charge in [0.2, 0.25) is 0 Å². The van der Waals surface area contributed by atoms with Gasteiger partial charge in [0.25, 0.3) is 0 Å². The van der Waals surface area contributed by atoms with Crippen molar-refractivity contribution in [1.29, 1.82) is 0 Å². The summed E-state index contributed by atoms with van der Waals surface area (Å²) >= 11 is 1.63. The maximum atomic E-state index is 12.2. The van der Waals surface area contributed by atoms with Crippen molar-refractivity contribution in [2.24, 2.45) is 7.05 Å². The van der Waals surface area contributed by atoms with E-state index in [-0.39, 0.29) is 17.1 Å². The number of anilines is 1. The fourth-order valence-corrected chi connectivity index (χ4v) is 9.45. The molecule has 0 saturated carbocycles. The molecular weight excluding hydrogens is 594 g/mol. The van der Waals surface area contributed by atoms with Gasteiger partial charge in [-0.3, -0.25) is 9.78 Å². The number of H-pyrrole nitrogens is 1. The quantitative estimate of drug-likeness (QED) is 0.101. The first-order valence-corrected chi connectivity index (χ1v) is 15.7. The minimum absolute atomic E-state index is 0.0952. The van der Waals surface area contributed by atoms with Crippen LogP contribution >= 0.6 is 21.9 Å². The fourth-order valence-electron chi connectivity index (χ4n) is 3.25. The Kier molecular flexibility index (Phi) is 7.96. The number of imidazole rings is 1. The number of hydrogen-bond acceptors (Lipinski definition) is 12. The first-order valence-electron chi connectivity index (χ1n) is 8.92. The van der Waals surface area contributed by atoms with Crippen molar-refractivity contribution >= 4 is 54.6 Å². The summed E-state index contributed by atoms with van der Waals surface area (Å²) in [5.74, 6) is -0.179. The van der Waals surface area contributed by atoms with Crippen molar-refractivity contribution in [2.45, 2.75) is 24.5 Å². The first-order chi connectivity index (χ1) is 15.5. The van der Waals surface area contributed by atoms with Crippen molar-refractivity contribution < 1.29 is 60.7 Å². The summed E-state index contributed by atoms with van der Waals surface area (Å²) < 4.78 is 61.2. The van der Waals surface area contributed by atoms with Gasteiger partial charge >= 0.3 is 182 Å². The number of fused-ring (bicyclic) bond motifs is 1. The third kappa shape index (κ3) is 6.21. The van der Waals surface area contributed by atoms with Gasteiger partial charge in [-0.15, -0.1) is 0 Å². The van der Waals surface area contributed by atoms with Crippen LogP contribution in [0.3, 0.4) is 0 Å². The zero-order valence-electron chi connectivity index (χ0n) is 17.2. The molecular formula is C12H20N5O13P3Se+. The third-order valence-corrected chi connectivity index (χ3v) is 10.7. The summed E-state index contributed by atoms with van der Waals surface area (Å²) in [4.78, 5) is 45.8. The van der Waals surface area contributed by atoms with E-state index < -0.39 is 58.6 Å². The Labute approximate surface area is 197 Å². The van der Waals surface area contributed by atoms with Gasteiger partial charge in [-0.05, 0) is 0 Å². The summed E-state index contributed by atoms with van der Waals surface area (Å²) in [6.45, 7) is -0.817. The van der Waals surface area contributed by atoms with E-state index in [0.29, 0.717) is 0 Å². The molecule has 1 aliphatic rings. The van der Waals surface area contributed by atoms with Gasteiger partial charge in [0.15, 0.2) is 0 Å². The van der Waals surface area contributed by atoms with Gasteiger partial charge in [-0.2, -0.15) is 0 Å². The van der Waals surface area contributed by atoms with Crippen LogP contribution in [-0.4, -0.2) is 81.9 Å². The number of phosphoric acid groups is 2. The van der Waals surface area contributed by atoms with Crippen LogP contribution in [0.1, 0.15) is 6.23 Å². The molecule has 191 valence electrons. The Morgan fingerprint density at radius 1 is 1.32 bits per heavy atom. The molecule has 1 unspecified atom stereocenters. The average Bonchev–Trinajstić information content (AvgIpc) is 3.13. The van der Waals surface area contributed by atoms with Crippen molar-refractivity contribution in [3.05, 3.63) is 16.7 Å². The summed E-state index contributed by atoms with van der Waals surface area (Å²) in [5, 5.41) is 10.6. The van der Waals surface area contributed by atoms with Crippen LogP contribution in [-0.2, 0) is 43.4 Å². The minimum atomic E-state index is -5.34. The van der Waals surface area contributed by atoms with E-state index >= 15 is 0 Å². The van der Waals surface area contributed by atoms with E-state index in [9.17, 15) is 28.5 Å². The number of nitrogen functional groups attached to an aromatic ring is 1. The number of aliphatic hydroxyl groups excluding tert-OH is 1. The summed E-state index contributed by atoms with van der Waals surface area (Å²) in [7, 11) is -7.75. The van der Waals surface area contributed by atoms with Gasteiger partial charge < -0.3 is 5.73 Å². The standard InChI is InChI=1S/C12H19N5O13P3Se/c1-16-4-17(9-6(16)10(19)15-12(13)14-9)11-8(26-2)7(18)5(28-11)3-27-32(23,24)30-33(25,34)29-31(20,21)22/h4-5,7-8,11,18H,3H2,1-2H3,(H5-,13,14,15,19,20,21,22,23,24)/p+1/t5-,7-,8-,11-,33+/m1/s1. The van der Waals surface area contributed by atoms with E-state index in [1.807, 2.05) is 0 Å². The van der Waals surface area contributed by atoms with Crippen LogP contribution in [0, 0.1) is 0 Å². The molecule has 1 radical (unpaired) electrons. The number of phosphoric ester groups is 1. The number of nitrogens with two attached hydrogens (primary N) is 1. The maximum absolute atomic E-state index is 12.2. The second-order valence-corrected chi connectivity index (χ2v) is 14.1. The molecule has 2 aromatic heterocycles. The van der Waals surface area contributed by atoms with E-state index in [4.69, 9.17) is 25.0 Å². The number of hydrogen-bond donors (Lipinski definition) is 6. The number of aryl methyl sites for hydroxylation is 1. The predicted octanol–water partition coefficient (Wildman–Crippen LogP) is -2.08. The number of rotatable bonds is 9. The zero-order valence-corrected chi connectivity index (χ0v) is 21.6. The molecule has 18 nitrogen and oxygen atoms in total. The third-order valence-electron chi connectivity index (χ3n) is 4.46. The van der Waals surface area contributed by atoms with Crippen molar-refractivity contribution in [1.82, 2.24) is 14.5 Å². The van der Waals surface area contributed by atoms with Crippen molar-refractivity contribution in [3.8, 4) is 0 Å². The molecule has 0 amide bonds. The molecule has 0 spiro atoms. The van der Waals surface area contributed by atoms with E-state index in [0.717, 1.165) is 0 Å². The number of nitrogens with zero attached hydrogens (tertiary/aromatic N) is 3. The molecule has 3 rings (SSSR count). The number of methoxy groups -OCH3 is 1. The van der Waals surface area contributed by atoms with Crippen LogP contribution in [0.2, 0.25) is 0 Å². The second kappa shape index (κ2) is 9.81. The van der Waals surface area contributed by atoms with E-state index in [1.54, 1.807) is 22.6 Å². The first kappa shape index (κ1) is 27.6. The molecule has 2 aromatic rings. The van der Waals surface area contributed by atoms with Crippen LogP contribution in [0.25, 0.3) is 11.2 Å². The Hall–Kier alpha value is -1.00. The summed E-state index contributed by atoms with van der Waals surface area (Å²) in [6.07, 6.45) is -8.34. The molecule has 0 aromatic carbocycles. The second-order valence-electron chi connectivity index (χ2n) is 6.88. The van der Waals surface area contributed by atoms with Gasteiger partial charge in [0.05, 0.1) is 0 Å². The number of aromatic nitrogens is 4. The molecule has 1 aliphatic heterocycles. The van der Waals surface area contributed by atoms with E-state index in [1.165, 1.54) is 22.6 Å². The molecule has 7 N–H and O–H groups in total. The number of aliphatic hydroxyl groups is 1. The van der Waals surface area contributed by atoms with Crippen LogP contribution in [0.15, 0.2) is 11.1 Å². The Bertz CT molecular complexity index is 1280. The number of aromatic amines is 1. The summed E-state index contributed by atoms with van der Waals surface area (Å²) in [5.41, 5.74) is 5.31. The van der Waals surface area contributed by atoms with Crippen molar-refractivity contribution in [3.63, 3.8) is 0 Å². The van der Waals surface area contributed by atoms with Crippen LogP contribution in [0.4, 0.5) is 5.95 Å². The van der Waals surface area contributed by atoms with Crippen LogP contribution in [0.5, 0.6) is 0 Å². The van der Waals surface area contributed by atoms with Crippen LogP contribution < -0.4 is 15.9 Å². The molecule has 1 fully saturated rings. The molecule has 22 heteroatoms. The molecule has 1 saturated heterocycles. The van der Waals surface area contributed by atoms with Gasteiger partial charge in [0.1, 0.15) is 0 Å². The fraction of sp³-hybridized carbons (Fsp3) is 0.583. The Morgan fingerprint density at radius 2 is 1.97 bits per heavy atom. The number of nitrogens with one attached hydrogen (secondary N) is 1. The molecule has 0 aliphatic carbocycles.